The number of anilines is 2. The number of hydrogen-bond donors (Lipinski definition) is 8. The van der Waals surface area contributed by atoms with Crippen molar-refractivity contribution in [2.45, 2.75) is 49.1 Å². The smallest absolute Gasteiger partial charge is 0.351 e. The van der Waals surface area contributed by atoms with E-state index in [0.29, 0.717) is 0 Å². The normalized spacial score (nSPS) is 31.9. The van der Waals surface area contributed by atoms with E-state index in [0.717, 1.165) is 21.5 Å². The summed E-state index contributed by atoms with van der Waals surface area (Å²) in [6.45, 7) is -1.15. The number of urea groups is 1. The molecular formula is C19H24N6O11. The predicted octanol–water partition coefficient (Wildman–Crippen LogP) is -4.33. The molecule has 0 radical (unpaired) electrons. The van der Waals surface area contributed by atoms with Gasteiger partial charge in [-0.2, -0.15) is 9.97 Å². The van der Waals surface area contributed by atoms with Crippen LogP contribution in [0.2, 0.25) is 0 Å². The first-order chi connectivity index (χ1) is 17.1. The fraction of sp³-hybridized carbons (Fsp3) is 0.526. The minimum absolute atomic E-state index is 0.194. The molecule has 2 aromatic rings. The fourth-order valence-corrected chi connectivity index (χ4v) is 3.84. The molecule has 0 bridgehead atoms. The van der Waals surface area contributed by atoms with Crippen LogP contribution >= 0.6 is 0 Å². The summed E-state index contributed by atoms with van der Waals surface area (Å²) in [5.74, 6) is -0.388. The van der Waals surface area contributed by atoms with Crippen molar-refractivity contribution in [1.29, 1.82) is 0 Å². The summed E-state index contributed by atoms with van der Waals surface area (Å²) in [4.78, 5) is 44.2. The Morgan fingerprint density at radius 1 is 0.778 bits per heavy atom. The largest absolute Gasteiger partial charge is 0.394 e. The lowest BCUT2D eigenvalue weighted by Gasteiger charge is -2.17. The lowest BCUT2D eigenvalue weighted by atomic mass is 10.1. The molecule has 17 heteroatoms. The highest BCUT2D eigenvalue weighted by molar-refractivity contribution is 5.98. The zero-order valence-corrected chi connectivity index (χ0v) is 18.4. The number of hydrogen-bond acceptors (Lipinski definition) is 13. The first kappa shape index (κ1) is 25.8. The molecule has 0 unspecified atom stereocenters. The number of nitrogens with zero attached hydrogens (tertiary/aromatic N) is 4. The molecule has 2 saturated heterocycles. The average Bonchev–Trinajstić information content (AvgIpc) is 3.29. The highest BCUT2D eigenvalue weighted by Crippen LogP contribution is 2.29. The quantitative estimate of drug-likeness (QED) is 0.182. The monoisotopic (exact) mass is 512 g/mol. The second-order valence-corrected chi connectivity index (χ2v) is 8.04. The number of ether oxygens (including phenoxy) is 2. The van der Waals surface area contributed by atoms with Crippen LogP contribution in [0.5, 0.6) is 0 Å². The van der Waals surface area contributed by atoms with Crippen LogP contribution in [0.25, 0.3) is 0 Å². The Hall–Kier alpha value is -3.29. The zero-order chi connectivity index (χ0) is 26.1. The van der Waals surface area contributed by atoms with Crippen molar-refractivity contribution in [3.8, 4) is 0 Å². The topological polar surface area (TPSA) is 251 Å². The summed E-state index contributed by atoms with van der Waals surface area (Å²) >= 11 is 0. The second-order valence-electron chi connectivity index (χ2n) is 8.04. The molecule has 4 heterocycles. The number of aliphatic hydroxyl groups is 6. The Morgan fingerprint density at radius 3 is 1.47 bits per heavy atom. The first-order valence-corrected chi connectivity index (χ1v) is 10.7. The van der Waals surface area contributed by atoms with Crippen molar-refractivity contribution in [3.05, 3.63) is 45.5 Å². The van der Waals surface area contributed by atoms with E-state index in [9.17, 15) is 34.8 Å². The molecular weight excluding hydrogens is 488 g/mol. The molecule has 17 nitrogen and oxygen atoms in total. The highest BCUT2D eigenvalue weighted by atomic mass is 16.6. The average molecular weight is 512 g/mol. The summed E-state index contributed by atoms with van der Waals surface area (Å²) in [6.07, 6.45) is -8.28. The van der Waals surface area contributed by atoms with E-state index in [1.165, 1.54) is 12.1 Å². The third-order valence-electron chi connectivity index (χ3n) is 5.73. The van der Waals surface area contributed by atoms with Gasteiger partial charge in [-0.1, -0.05) is 0 Å². The van der Waals surface area contributed by atoms with E-state index >= 15 is 0 Å². The van der Waals surface area contributed by atoms with Crippen LogP contribution < -0.4 is 22.0 Å². The van der Waals surface area contributed by atoms with Crippen LogP contribution in [0, 0.1) is 0 Å². The maximum Gasteiger partial charge on any atom is 0.351 e. The Bertz CT molecular complexity index is 1130. The lowest BCUT2D eigenvalue weighted by molar-refractivity contribution is -0.0549. The van der Waals surface area contributed by atoms with Gasteiger partial charge < -0.3 is 40.1 Å². The zero-order valence-electron chi connectivity index (χ0n) is 18.4. The summed E-state index contributed by atoms with van der Waals surface area (Å²) < 4.78 is 12.3. The van der Waals surface area contributed by atoms with E-state index < -0.39 is 79.7 Å². The lowest BCUT2D eigenvalue weighted by Crippen LogP contribution is -2.36. The van der Waals surface area contributed by atoms with Crippen molar-refractivity contribution >= 4 is 17.7 Å². The maximum atomic E-state index is 12.3. The summed E-state index contributed by atoms with van der Waals surface area (Å²) in [7, 11) is 0. The third kappa shape index (κ3) is 4.86. The molecule has 0 aromatic carbocycles. The molecule has 2 aromatic heterocycles. The SMILES string of the molecule is O=C(Nc1ccn([C@@H]2O[C@@H](CO)[C@@H](O)[C@H]2O)c(=O)n1)Nc1ccn([C@H]2O[C@@H](CO)[C@@H](O)[C@H]2O)c(=O)n1. The van der Waals surface area contributed by atoms with Crippen LogP contribution in [0.1, 0.15) is 12.5 Å². The molecule has 2 fully saturated rings. The second kappa shape index (κ2) is 10.4. The molecule has 0 aliphatic carbocycles. The van der Waals surface area contributed by atoms with Gasteiger partial charge in [0.05, 0.1) is 13.2 Å². The summed E-state index contributed by atoms with van der Waals surface area (Å²) in [6, 6.07) is 1.51. The van der Waals surface area contributed by atoms with Gasteiger partial charge >= 0.3 is 17.4 Å². The van der Waals surface area contributed by atoms with Gasteiger partial charge in [0, 0.05) is 12.4 Å². The first-order valence-electron chi connectivity index (χ1n) is 10.7. The van der Waals surface area contributed by atoms with E-state index in [-0.39, 0.29) is 11.6 Å². The van der Waals surface area contributed by atoms with Crippen LogP contribution in [0.15, 0.2) is 34.1 Å². The molecule has 196 valence electrons. The van der Waals surface area contributed by atoms with Crippen LogP contribution in [-0.2, 0) is 9.47 Å². The van der Waals surface area contributed by atoms with Gasteiger partial charge in [0.15, 0.2) is 12.5 Å². The molecule has 8 N–H and O–H groups in total. The van der Waals surface area contributed by atoms with Crippen molar-refractivity contribution < 1.29 is 44.9 Å². The van der Waals surface area contributed by atoms with Crippen molar-refractivity contribution in [1.82, 2.24) is 19.1 Å². The standard InChI is InChI=1S/C19H24N6O11/c26-5-7-11(28)13(30)15(35-7)24-3-1-9(22-18(24)33)20-17(32)21-10-2-4-25(19(34)23-10)16-14(31)12(29)8(6-27)36-16/h1-4,7-8,11-16,26-31H,5-6H2,(H2,20,21,22,23,32,33,34)/t7-,8-,11+,12+,13+,14+,15-,16+/m0/s1. The maximum absolute atomic E-state index is 12.3. The molecule has 0 saturated carbocycles. The Balaban J connectivity index is 1.41. The minimum atomic E-state index is -1.49. The number of rotatable bonds is 6. The van der Waals surface area contributed by atoms with Gasteiger partial charge in [-0.05, 0) is 12.1 Å². The van der Waals surface area contributed by atoms with Gasteiger partial charge in [0.1, 0.15) is 48.3 Å². The van der Waals surface area contributed by atoms with E-state index in [2.05, 4.69) is 20.6 Å². The van der Waals surface area contributed by atoms with Gasteiger partial charge in [0.2, 0.25) is 0 Å². The fourth-order valence-electron chi connectivity index (χ4n) is 3.84. The van der Waals surface area contributed by atoms with Gasteiger partial charge in [-0.25, -0.2) is 14.4 Å². The van der Waals surface area contributed by atoms with E-state index in [4.69, 9.17) is 19.7 Å². The van der Waals surface area contributed by atoms with Crippen molar-refractivity contribution in [2.24, 2.45) is 0 Å². The number of aliphatic hydroxyl groups excluding tert-OH is 6. The van der Waals surface area contributed by atoms with Crippen molar-refractivity contribution in [2.75, 3.05) is 23.8 Å². The van der Waals surface area contributed by atoms with Crippen LogP contribution in [0.3, 0.4) is 0 Å². The highest BCUT2D eigenvalue weighted by Gasteiger charge is 2.44. The molecule has 4 rings (SSSR count). The van der Waals surface area contributed by atoms with Crippen molar-refractivity contribution in [3.63, 3.8) is 0 Å². The summed E-state index contributed by atoms with van der Waals surface area (Å²) in [5, 5.41) is 62.6. The van der Waals surface area contributed by atoms with Gasteiger partial charge in [-0.15, -0.1) is 0 Å². The van der Waals surface area contributed by atoms with E-state index in [1.807, 2.05) is 0 Å². The predicted molar refractivity (Wildman–Crippen MR) is 116 cm³/mol. The van der Waals surface area contributed by atoms with Gasteiger partial charge in [-0.3, -0.25) is 19.8 Å². The van der Waals surface area contributed by atoms with Gasteiger partial charge in [0.25, 0.3) is 0 Å². The number of nitrogens with one attached hydrogen (secondary N) is 2. The number of carbonyl (C=O) groups excluding carboxylic acids is 1. The Labute approximate surface area is 200 Å². The molecule has 0 spiro atoms. The third-order valence-corrected chi connectivity index (χ3v) is 5.73. The van der Waals surface area contributed by atoms with Crippen LogP contribution in [-0.4, -0.2) is 106 Å². The molecule has 2 aliphatic rings. The van der Waals surface area contributed by atoms with E-state index in [1.54, 1.807) is 0 Å². The molecule has 2 amide bonds. The summed E-state index contributed by atoms with van der Waals surface area (Å²) in [5.41, 5.74) is -1.86. The minimum Gasteiger partial charge on any atom is -0.394 e. The number of aromatic nitrogens is 4. The Morgan fingerprint density at radius 2 is 1.17 bits per heavy atom. The number of amides is 2. The Kier molecular flexibility index (Phi) is 7.43. The number of carbonyl (C=O) groups is 1. The molecule has 36 heavy (non-hydrogen) atoms. The molecule has 8 atom stereocenters. The van der Waals surface area contributed by atoms with Crippen LogP contribution in [0.4, 0.5) is 16.4 Å². The molecule has 2 aliphatic heterocycles.